The molecule has 6 aromatic carbocycles. The molecule has 50 heavy (non-hydrogen) atoms. The number of hydrogen-bond donors (Lipinski definition) is 0. The topological polar surface area (TPSA) is 116 Å². The molecule has 7 rings (SSSR count). The molecule has 0 N–H and O–H groups in total. The molecule has 1 heterocycles. The summed E-state index contributed by atoms with van der Waals surface area (Å²) in [7, 11) is -11.9. The van der Waals surface area contributed by atoms with E-state index in [1.54, 1.807) is 84.9 Å². The van der Waals surface area contributed by atoms with Crippen LogP contribution in [0, 0.1) is 11.3 Å². The van der Waals surface area contributed by atoms with Crippen LogP contribution in [0.3, 0.4) is 0 Å². The molecule has 0 bridgehead atoms. The Hall–Kier alpha value is -5.70. The summed E-state index contributed by atoms with van der Waals surface area (Å²) >= 11 is 0. The Morgan fingerprint density at radius 3 is 0.760 bits per heavy atom. The molecular weight excluding hydrogens is 689 g/mol. The first kappa shape index (κ1) is 32.8. The van der Waals surface area contributed by atoms with Crippen molar-refractivity contribution in [2.45, 2.75) is 0 Å². The Morgan fingerprint density at radius 1 is 0.320 bits per heavy atom. The maximum atomic E-state index is 9.48. The van der Waals surface area contributed by atoms with Crippen LogP contribution >= 0.6 is 23.0 Å². The number of nitrogens with zero attached hydrogens (tertiary/aromatic N) is 4. The Balaban J connectivity index is 1.55. The fraction of sp³-hybridized carbons (Fsp3) is 0. The minimum Gasteiger partial charge on any atom is -0.413 e. The number of nitriles is 1. The molecule has 1 unspecified atom stereocenters. The summed E-state index contributed by atoms with van der Waals surface area (Å²) in [6.45, 7) is 0. The molecule has 0 spiro atoms. The molecule has 0 fully saturated rings. The van der Waals surface area contributed by atoms with Crippen molar-refractivity contribution < 1.29 is 27.1 Å². The van der Waals surface area contributed by atoms with E-state index in [1.807, 2.05) is 91.0 Å². The number of benzene rings is 6. The molecule has 0 aliphatic carbocycles. The smallest absolute Gasteiger partial charge is 0.413 e. The molecule has 0 saturated carbocycles. The third-order valence-electron chi connectivity index (χ3n) is 6.72. The van der Waals surface area contributed by atoms with Gasteiger partial charge >= 0.3 is 23.0 Å². The van der Waals surface area contributed by atoms with E-state index >= 15 is 0 Å². The fourth-order valence-electron chi connectivity index (χ4n) is 4.58. The van der Waals surface area contributed by atoms with Gasteiger partial charge in [0.25, 0.3) is 0 Å². The van der Waals surface area contributed by atoms with Crippen LogP contribution in [0.15, 0.2) is 189 Å². The molecule has 0 saturated heterocycles. The maximum Gasteiger partial charge on any atom is 0.460 e. The SMILES string of the molecule is N#Cc1ccc(OP2(Oc3ccccc3)=NP(Oc3ccccc3)(Oc3ccccc3)=NP(Oc3ccccc3)(Oc3ccccc3)=N2)cc1. The van der Waals surface area contributed by atoms with Crippen LogP contribution in [0.1, 0.15) is 5.56 Å². The van der Waals surface area contributed by atoms with Crippen molar-refractivity contribution in [3.8, 4) is 40.6 Å². The van der Waals surface area contributed by atoms with Gasteiger partial charge in [0.05, 0.1) is 11.6 Å². The highest BCUT2D eigenvalue weighted by atomic mass is 31.3. The van der Waals surface area contributed by atoms with Gasteiger partial charge in [-0.2, -0.15) is 5.26 Å². The summed E-state index contributed by atoms with van der Waals surface area (Å²) < 4.78 is 55.8. The Kier molecular flexibility index (Phi) is 9.73. The zero-order valence-corrected chi connectivity index (χ0v) is 29.0. The van der Waals surface area contributed by atoms with Crippen molar-refractivity contribution in [3.05, 3.63) is 181 Å². The van der Waals surface area contributed by atoms with Crippen LogP contribution in [0.2, 0.25) is 0 Å². The van der Waals surface area contributed by atoms with Gasteiger partial charge in [0.2, 0.25) is 0 Å². The van der Waals surface area contributed by atoms with E-state index in [0.717, 1.165) is 0 Å². The van der Waals surface area contributed by atoms with Gasteiger partial charge in [-0.25, -0.2) is 0 Å². The van der Waals surface area contributed by atoms with Crippen molar-refractivity contribution >= 4 is 23.0 Å². The molecule has 10 nitrogen and oxygen atoms in total. The maximum absolute atomic E-state index is 9.48. The van der Waals surface area contributed by atoms with Crippen LogP contribution in [0.25, 0.3) is 0 Å². The van der Waals surface area contributed by atoms with E-state index < -0.39 is 23.0 Å². The molecule has 13 heteroatoms. The monoisotopic (exact) mass is 718 g/mol. The second-order valence-corrected chi connectivity index (χ2v) is 16.7. The lowest BCUT2D eigenvalue weighted by Crippen LogP contribution is -2.11. The van der Waals surface area contributed by atoms with Crippen molar-refractivity contribution in [3.63, 3.8) is 0 Å². The van der Waals surface area contributed by atoms with Gasteiger partial charge in [-0.05, 0) is 84.9 Å². The minimum absolute atomic E-state index is 0.331. The van der Waals surface area contributed by atoms with E-state index in [1.165, 1.54) is 0 Å². The average Bonchev–Trinajstić information content (AvgIpc) is 3.13. The lowest BCUT2D eigenvalue weighted by atomic mass is 10.2. The normalized spacial score (nSPS) is 16.9. The molecular formula is C37H29N4O6P3. The van der Waals surface area contributed by atoms with Crippen molar-refractivity contribution in [1.29, 1.82) is 5.26 Å². The molecule has 6 aromatic rings. The number of rotatable bonds is 12. The van der Waals surface area contributed by atoms with Gasteiger partial charge < -0.3 is 27.1 Å². The second kappa shape index (κ2) is 14.8. The predicted molar refractivity (Wildman–Crippen MR) is 195 cm³/mol. The van der Waals surface area contributed by atoms with Crippen molar-refractivity contribution in [1.82, 2.24) is 0 Å². The largest absolute Gasteiger partial charge is 0.460 e. The molecule has 1 aliphatic rings. The van der Waals surface area contributed by atoms with Crippen LogP contribution in [-0.2, 0) is 0 Å². The van der Waals surface area contributed by atoms with Gasteiger partial charge in [0, 0.05) is 0 Å². The van der Waals surface area contributed by atoms with Gasteiger partial charge in [-0.15, -0.1) is 0 Å². The van der Waals surface area contributed by atoms with E-state index in [2.05, 4.69) is 6.07 Å². The first-order chi connectivity index (χ1) is 24.5. The minimum atomic E-state index is -3.98. The molecule has 0 amide bonds. The highest BCUT2D eigenvalue weighted by molar-refractivity contribution is 7.79. The molecule has 248 valence electrons. The Bertz CT molecular complexity index is 2080. The first-order valence-corrected chi connectivity index (χ1v) is 20.0. The Labute approximate surface area is 290 Å². The Morgan fingerprint density at radius 2 is 0.540 bits per heavy atom. The lowest BCUT2D eigenvalue weighted by Gasteiger charge is -2.33. The molecule has 0 radical (unpaired) electrons. The third kappa shape index (κ3) is 8.11. The average molecular weight is 719 g/mol. The highest BCUT2D eigenvalue weighted by Crippen LogP contribution is 2.78. The molecule has 0 aromatic heterocycles. The molecule has 1 aliphatic heterocycles. The summed E-state index contributed by atoms with van der Waals surface area (Å²) in [5.74, 6) is 2.47. The van der Waals surface area contributed by atoms with E-state index in [-0.39, 0.29) is 0 Å². The van der Waals surface area contributed by atoms with E-state index in [4.69, 9.17) is 40.7 Å². The summed E-state index contributed by atoms with van der Waals surface area (Å²) in [6.07, 6.45) is 0. The third-order valence-corrected chi connectivity index (χ3v) is 14.8. The number of hydrogen-bond acceptors (Lipinski definition) is 10. The highest BCUT2D eigenvalue weighted by Gasteiger charge is 2.48. The summed E-state index contributed by atoms with van der Waals surface area (Å²) in [5.41, 5.74) is 0.449. The predicted octanol–water partition coefficient (Wildman–Crippen LogP) is 12.2. The van der Waals surface area contributed by atoms with Gasteiger partial charge in [-0.1, -0.05) is 105 Å². The quantitative estimate of drug-likeness (QED) is 0.116. The van der Waals surface area contributed by atoms with Gasteiger partial charge in [0.1, 0.15) is 34.5 Å². The lowest BCUT2D eigenvalue weighted by molar-refractivity contribution is 0.443. The van der Waals surface area contributed by atoms with Gasteiger partial charge in [0.15, 0.2) is 0 Å². The summed E-state index contributed by atoms with van der Waals surface area (Å²) in [4.78, 5) is 0. The zero-order valence-electron chi connectivity index (χ0n) is 26.3. The first-order valence-electron chi connectivity index (χ1n) is 15.4. The van der Waals surface area contributed by atoms with E-state index in [9.17, 15) is 5.26 Å². The summed E-state index contributed by atoms with van der Waals surface area (Å²) in [6, 6.07) is 54.2. The van der Waals surface area contributed by atoms with E-state index in [0.29, 0.717) is 40.1 Å². The molecule has 1 atom stereocenters. The van der Waals surface area contributed by atoms with Crippen LogP contribution < -0.4 is 27.1 Å². The van der Waals surface area contributed by atoms with Crippen molar-refractivity contribution in [2.24, 2.45) is 13.5 Å². The van der Waals surface area contributed by atoms with Crippen LogP contribution in [-0.4, -0.2) is 0 Å². The van der Waals surface area contributed by atoms with Crippen molar-refractivity contribution in [2.75, 3.05) is 0 Å². The number of para-hydroxylation sites is 5. The second-order valence-electron chi connectivity index (χ2n) is 10.5. The standard InChI is InChI=1S/C37H29N4O6P3/c38-30-31-26-28-37(29-27-31)47-50(46-36-24-14-5-15-25-36)40-48(42-32-16-6-1-7-17-32,43-33-18-8-2-9-19-33)39-49(41-50,44-34-20-10-3-11-21-34)45-35-22-12-4-13-23-35/h1-29H. The van der Waals surface area contributed by atoms with Crippen LogP contribution in [0.5, 0.6) is 34.5 Å². The zero-order chi connectivity index (χ0) is 34.1. The fourth-order valence-corrected chi connectivity index (χ4v) is 13.6. The van der Waals surface area contributed by atoms with Gasteiger partial charge in [-0.3, -0.25) is 0 Å². The summed E-state index contributed by atoms with van der Waals surface area (Å²) in [5, 5.41) is 9.48. The van der Waals surface area contributed by atoms with Crippen LogP contribution in [0.4, 0.5) is 0 Å².